The van der Waals surface area contributed by atoms with Gasteiger partial charge >= 0.3 is 0 Å². The summed E-state index contributed by atoms with van der Waals surface area (Å²) in [5.74, 6) is 0.519. The van der Waals surface area contributed by atoms with Crippen molar-refractivity contribution in [3.8, 4) is 0 Å². The van der Waals surface area contributed by atoms with E-state index in [0.29, 0.717) is 10.8 Å². The van der Waals surface area contributed by atoms with E-state index in [9.17, 15) is 0 Å². The van der Waals surface area contributed by atoms with Crippen LogP contribution in [-0.2, 0) is 7.05 Å². The molecule has 1 aromatic rings. The van der Waals surface area contributed by atoms with Crippen LogP contribution in [0.2, 0.25) is 5.02 Å². The first-order valence-electron chi connectivity index (χ1n) is 2.68. The number of aromatic nitrogens is 2. The van der Waals surface area contributed by atoms with Crippen molar-refractivity contribution >= 4 is 29.2 Å². The van der Waals surface area contributed by atoms with Crippen molar-refractivity contribution in [3.05, 3.63) is 5.02 Å². The molecule has 0 aromatic carbocycles. The van der Waals surface area contributed by atoms with Crippen molar-refractivity contribution in [1.29, 1.82) is 0 Å². The van der Waals surface area contributed by atoms with E-state index in [1.807, 2.05) is 6.26 Å². The van der Waals surface area contributed by atoms with Crippen LogP contribution in [0.15, 0.2) is 5.03 Å². The van der Waals surface area contributed by atoms with Crippen LogP contribution < -0.4 is 5.73 Å². The lowest BCUT2D eigenvalue weighted by Gasteiger charge is -1.89. The Bertz CT molecular complexity index is 245. The number of halogens is 1. The van der Waals surface area contributed by atoms with Gasteiger partial charge in [-0.3, -0.25) is 4.68 Å². The number of nitrogen functional groups attached to an aromatic ring is 1. The fourth-order valence-electron chi connectivity index (χ4n) is 0.616. The number of hydrogen-bond acceptors (Lipinski definition) is 3. The van der Waals surface area contributed by atoms with Gasteiger partial charge in [0.2, 0.25) is 0 Å². The Morgan fingerprint density at radius 3 is 2.50 bits per heavy atom. The second-order valence-corrected chi connectivity index (χ2v) is 3.01. The topological polar surface area (TPSA) is 43.8 Å². The van der Waals surface area contributed by atoms with Crippen LogP contribution in [0.25, 0.3) is 0 Å². The first-order valence-corrected chi connectivity index (χ1v) is 4.29. The molecule has 0 spiro atoms. The van der Waals surface area contributed by atoms with E-state index in [2.05, 4.69) is 5.10 Å². The highest BCUT2D eigenvalue weighted by atomic mass is 35.5. The normalized spacial score (nSPS) is 10.3. The number of thioether (sulfide) groups is 1. The van der Waals surface area contributed by atoms with Crippen molar-refractivity contribution in [2.24, 2.45) is 7.05 Å². The quantitative estimate of drug-likeness (QED) is 0.660. The zero-order valence-electron chi connectivity index (χ0n) is 5.76. The summed E-state index contributed by atoms with van der Waals surface area (Å²) in [6.45, 7) is 0. The minimum Gasteiger partial charge on any atom is -0.383 e. The summed E-state index contributed by atoms with van der Waals surface area (Å²) in [5.41, 5.74) is 5.53. The minimum atomic E-state index is 0.519. The summed E-state index contributed by atoms with van der Waals surface area (Å²) in [5, 5.41) is 5.38. The van der Waals surface area contributed by atoms with E-state index < -0.39 is 0 Å². The Balaban J connectivity index is 3.17. The maximum Gasteiger partial charge on any atom is 0.141 e. The number of rotatable bonds is 1. The molecule has 3 nitrogen and oxygen atoms in total. The molecule has 0 radical (unpaired) electrons. The highest BCUT2D eigenvalue weighted by Gasteiger charge is 2.08. The van der Waals surface area contributed by atoms with Gasteiger partial charge in [-0.1, -0.05) is 11.6 Å². The SMILES string of the molecule is CSc1nn(C)c(N)c1Cl. The molecule has 1 rings (SSSR count). The zero-order chi connectivity index (χ0) is 7.72. The highest BCUT2D eigenvalue weighted by Crippen LogP contribution is 2.28. The van der Waals surface area contributed by atoms with Gasteiger partial charge in [-0.15, -0.1) is 11.8 Å². The largest absolute Gasteiger partial charge is 0.383 e. The van der Waals surface area contributed by atoms with Crippen LogP contribution in [0.4, 0.5) is 5.82 Å². The lowest BCUT2D eigenvalue weighted by atomic mass is 10.6. The van der Waals surface area contributed by atoms with Gasteiger partial charge in [-0.2, -0.15) is 5.10 Å². The predicted molar refractivity (Wildman–Crippen MR) is 44.4 cm³/mol. The molecule has 0 bridgehead atoms. The lowest BCUT2D eigenvalue weighted by Crippen LogP contribution is -1.96. The molecule has 0 unspecified atom stereocenters. The summed E-state index contributed by atoms with van der Waals surface area (Å²) in [7, 11) is 1.76. The predicted octanol–water partition coefficient (Wildman–Crippen LogP) is 1.38. The smallest absolute Gasteiger partial charge is 0.141 e. The molecular formula is C5H8ClN3S. The van der Waals surface area contributed by atoms with E-state index in [1.165, 1.54) is 11.8 Å². The van der Waals surface area contributed by atoms with Crippen LogP contribution in [0.5, 0.6) is 0 Å². The molecule has 0 saturated heterocycles. The van der Waals surface area contributed by atoms with Gasteiger partial charge in [0.1, 0.15) is 15.9 Å². The fraction of sp³-hybridized carbons (Fsp3) is 0.400. The highest BCUT2D eigenvalue weighted by molar-refractivity contribution is 7.98. The molecule has 56 valence electrons. The van der Waals surface area contributed by atoms with Gasteiger partial charge in [0, 0.05) is 7.05 Å². The van der Waals surface area contributed by atoms with E-state index in [4.69, 9.17) is 17.3 Å². The number of nitrogens with two attached hydrogens (primary N) is 1. The van der Waals surface area contributed by atoms with Gasteiger partial charge in [-0.05, 0) is 6.26 Å². The average Bonchev–Trinajstić information content (AvgIpc) is 2.17. The summed E-state index contributed by atoms with van der Waals surface area (Å²) in [6.07, 6.45) is 1.91. The van der Waals surface area contributed by atoms with Gasteiger partial charge < -0.3 is 5.73 Å². The van der Waals surface area contributed by atoms with Crippen LogP contribution in [0.1, 0.15) is 0 Å². The van der Waals surface area contributed by atoms with Crippen molar-refractivity contribution in [1.82, 2.24) is 9.78 Å². The van der Waals surface area contributed by atoms with Crippen LogP contribution >= 0.6 is 23.4 Å². The molecule has 0 aliphatic carbocycles. The maximum atomic E-state index is 5.79. The maximum absolute atomic E-state index is 5.79. The Hall–Kier alpha value is -0.350. The molecule has 0 amide bonds. The molecule has 0 atom stereocenters. The monoisotopic (exact) mass is 177 g/mol. The molecule has 5 heteroatoms. The Morgan fingerprint density at radius 2 is 2.30 bits per heavy atom. The third-order valence-corrected chi connectivity index (χ3v) is 2.35. The fourth-order valence-corrected chi connectivity index (χ4v) is 1.50. The molecule has 0 saturated carbocycles. The van der Waals surface area contributed by atoms with E-state index in [-0.39, 0.29) is 0 Å². The van der Waals surface area contributed by atoms with Crippen LogP contribution in [0.3, 0.4) is 0 Å². The number of anilines is 1. The Morgan fingerprint density at radius 1 is 1.70 bits per heavy atom. The lowest BCUT2D eigenvalue weighted by molar-refractivity contribution is 0.748. The number of hydrogen-bond donors (Lipinski definition) is 1. The second-order valence-electron chi connectivity index (χ2n) is 1.83. The summed E-state index contributed by atoms with van der Waals surface area (Å²) >= 11 is 7.27. The molecule has 2 N–H and O–H groups in total. The average molecular weight is 178 g/mol. The van der Waals surface area contributed by atoms with Gasteiger partial charge in [-0.25, -0.2) is 0 Å². The Kier molecular flexibility index (Phi) is 2.11. The third-order valence-electron chi connectivity index (χ3n) is 1.20. The molecule has 0 aliphatic heterocycles. The van der Waals surface area contributed by atoms with Crippen LogP contribution in [0, 0.1) is 0 Å². The molecule has 10 heavy (non-hydrogen) atoms. The van der Waals surface area contributed by atoms with Crippen molar-refractivity contribution in [2.75, 3.05) is 12.0 Å². The number of nitrogens with zero attached hydrogens (tertiary/aromatic N) is 2. The summed E-state index contributed by atoms with van der Waals surface area (Å²) < 4.78 is 1.56. The zero-order valence-corrected chi connectivity index (χ0v) is 7.33. The van der Waals surface area contributed by atoms with E-state index >= 15 is 0 Å². The Labute approximate surface area is 68.5 Å². The van der Waals surface area contributed by atoms with Gasteiger partial charge in [0.25, 0.3) is 0 Å². The summed E-state index contributed by atoms with van der Waals surface area (Å²) in [4.78, 5) is 0. The molecular weight excluding hydrogens is 170 g/mol. The summed E-state index contributed by atoms with van der Waals surface area (Å²) in [6, 6.07) is 0. The van der Waals surface area contributed by atoms with Gasteiger partial charge in [0.05, 0.1) is 0 Å². The minimum absolute atomic E-state index is 0.519. The van der Waals surface area contributed by atoms with Crippen molar-refractivity contribution in [2.45, 2.75) is 5.03 Å². The van der Waals surface area contributed by atoms with E-state index in [1.54, 1.807) is 11.7 Å². The first-order chi connectivity index (χ1) is 4.66. The van der Waals surface area contributed by atoms with Gasteiger partial charge in [0.15, 0.2) is 0 Å². The second kappa shape index (κ2) is 2.72. The molecule has 0 aliphatic rings. The van der Waals surface area contributed by atoms with Crippen LogP contribution in [-0.4, -0.2) is 16.0 Å². The van der Waals surface area contributed by atoms with E-state index in [0.717, 1.165) is 5.03 Å². The van der Waals surface area contributed by atoms with Crippen molar-refractivity contribution < 1.29 is 0 Å². The molecule has 1 aromatic heterocycles. The third kappa shape index (κ3) is 1.09. The molecule has 1 heterocycles. The number of aryl methyl sites for hydroxylation is 1. The molecule has 0 fully saturated rings. The van der Waals surface area contributed by atoms with Crippen molar-refractivity contribution in [3.63, 3.8) is 0 Å². The standard InChI is InChI=1S/C5H8ClN3S/c1-9-4(7)3(6)5(8-9)10-2/h7H2,1-2H3. The first kappa shape index (κ1) is 7.75.